The number of aromatic nitrogens is 5. The zero-order chi connectivity index (χ0) is 13.1. The van der Waals surface area contributed by atoms with Crippen molar-refractivity contribution in [2.75, 3.05) is 13.0 Å². The van der Waals surface area contributed by atoms with Crippen molar-refractivity contribution >= 4 is 17.7 Å². The number of carbonyl (C=O) groups is 1. The van der Waals surface area contributed by atoms with Gasteiger partial charge in [0.1, 0.15) is 5.82 Å². The van der Waals surface area contributed by atoms with Gasteiger partial charge in [-0.25, -0.2) is 9.47 Å². The van der Waals surface area contributed by atoms with E-state index in [1.54, 1.807) is 23.9 Å². The molecule has 0 aliphatic carbocycles. The first-order valence-corrected chi connectivity index (χ1v) is 6.02. The Kier molecular flexibility index (Phi) is 3.51. The largest absolute Gasteiger partial charge is 0.464 e. The Morgan fingerprint density at radius 3 is 2.94 bits per heavy atom. The van der Waals surface area contributed by atoms with Crippen LogP contribution in [0.15, 0.2) is 17.4 Å². The van der Waals surface area contributed by atoms with Crippen LogP contribution in [0.4, 0.5) is 0 Å². The lowest BCUT2D eigenvalue weighted by Crippen LogP contribution is -2.12. The van der Waals surface area contributed by atoms with E-state index < -0.39 is 5.97 Å². The van der Waals surface area contributed by atoms with E-state index in [-0.39, 0.29) is 5.69 Å². The third kappa shape index (κ3) is 2.45. The maximum atomic E-state index is 11.2. The van der Waals surface area contributed by atoms with E-state index in [4.69, 9.17) is 5.84 Å². The lowest BCUT2D eigenvalue weighted by molar-refractivity contribution is 0.0593. The van der Waals surface area contributed by atoms with E-state index in [0.717, 1.165) is 0 Å². The third-order valence-electron chi connectivity index (χ3n) is 2.20. The second-order valence-corrected chi connectivity index (χ2v) is 4.32. The molecule has 0 saturated carbocycles. The number of hydrogen-bond donors (Lipinski definition) is 1. The van der Waals surface area contributed by atoms with Crippen molar-refractivity contribution in [3.63, 3.8) is 0 Å². The number of nitrogen functional groups attached to an aromatic ring is 1. The Hall–Kier alpha value is -2.03. The maximum absolute atomic E-state index is 11.2. The van der Waals surface area contributed by atoms with Gasteiger partial charge in [-0.1, -0.05) is 11.8 Å². The molecule has 0 aliphatic heterocycles. The number of rotatable bonds is 4. The minimum absolute atomic E-state index is 0.267. The van der Waals surface area contributed by atoms with Crippen molar-refractivity contribution in [1.82, 2.24) is 24.7 Å². The first-order valence-electron chi connectivity index (χ1n) is 5.03. The van der Waals surface area contributed by atoms with Crippen LogP contribution in [0.1, 0.15) is 16.3 Å². The van der Waals surface area contributed by atoms with Gasteiger partial charge in [0.2, 0.25) is 5.16 Å². The number of thioether (sulfide) groups is 1. The minimum Gasteiger partial charge on any atom is -0.464 e. The Morgan fingerprint density at radius 1 is 1.56 bits per heavy atom. The van der Waals surface area contributed by atoms with Crippen LogP contribution in [0.3, 0.4) is 0 Å². The zero-order valence-corrected chi connectivity index (χ0v) is 10.7. The summed E-state index contributed by atoms with van der Waals surface area (Å²) in [6.45, 7) is 1.76. The molecule has 96 valence electrons. The number of methoxy groups -OCH3 is 1. The van der Waals surface area contributed by atoms with Crippen molar-refractivity contribution in [2.45, 2.75) is 18.0 Å². The van der Waals surface area contributed by atoms with Crippen LogP contribution < -0.4 is 5.84 Å². The van der Waals surface area contributed by atoms with Gasteiger partial charge in [-0.3, -0.25) is 4.68 Å². The van der Waals surface area contributed by atoms with Gasteiger partial charge in [0.15, 0.2) is 5.69 Å². The topological polar surface area (TPSA) is 101 Å². The van der Waals surface area contributed by atoms with Crippen molar-refractivity contribution in [1.29, 1.82) is 0 Å². The number of ether oxygens (including phenoxy) is 1. The molecular weight excluding hydrogens is 256 g/mol. The number of esters is 1. The van der Waals surface area contributed by atoms with Crippen molar-refractivity contribution < 1.29 is 9.53 Å². The van der Waals surface area contributed by atoms with Gasteiger partial charge in [0, 0.05) is 6.20 Å². The van der Waals surface area contributed by atoms with E-state index in [1.807, 2.05) is 0 Å². The van der Waals surface area contributed by atoms with Gasteiger partial charge in [-0.15, -0.1) is 10.2 Å². The van der Waals surface area contributed by atoms with Gasteiger partial charge in [0.05, 0.1) is 13.0 Å². The van der Waals surface area contributed by atoms with Crippen molar-refractivity contribution in [3.8, 4) is 0 Å². The summed E-state index contributed by atoms with van der Waals surface area (Å²) in [4.78, 5) is 11.2. The molecule has 0 saturated heterocycles. The summed E-state index contributed by atoms with van der Waals surface area (Å²) in [6.07, 6.45) is 1.68. The Bertz CT molecular complexity index is 563. The molecule has 2 N–H and O–H groups in total. The van der Waals surface area contributed by atoms with E-state index in [2.05, 4.69) is 20.0 Å². The molecule has 8 nitrogen and oxygen atoms in total. The highest BCUT2D eigenvalue weighted by molar-refractivity contribution is 7.98. The summed E-state index contributed by atoms with van der Waals surface area (Å²) in [5.74, 6) is 6.36. The molecule has 2 aromatic heterocycles. The summed E-state index contributed by atoms with van der Waals surface area (Å²) in [5.41, 5.74) is 0.267. The van der Waals surface area contributed by atoms with Gasteiger partial charge in [-0.05, 0) is 13.0 Å². The second kappa shape index (κ2) is 5.08. The number of nitrogens with two attached hydrogens (primary N) is 1. The summed E-state index contributed by atoms with van der Waals surface area (Å²) in [6, 6.07) is 1.59. The average molecular weight is 268 g/mol. The number of hydrogen-bond acceptors (Lipinski definition) is 7. The highest BCUT2D eigenvalue weighted by Gasteiger charge is 2.10. The predicted molar refractivity (Wildman–Crippen MR) is 64.3 cm³/mol. The summed E-state index contributed by atoms with van der Waals surface area (Å²) >= 11 is 1.37. The molecule has 2 aromatic rings. The summed E-state index contributed by atoms with van der Waals surface area (Å²) < 4.78 is 7.56. The quantitative estimate of drug-likeness (QED) is 0.474. The summed E-state index contributed by atoms with van der Waals surface area (Å²) in [7, 11) is 1.32. The van der Waals surface area contributed by atoms with Crippen LogP contribution in [0, 0.1) is 6.92 Å². The van der Waals surface area contributed by atoms with Crippen molar-refractivity contribution in [2.24, 2.45) is 0 Å². The fourth-order valence-electron chi connectivity index (χ4n) is 1.22. The van der Waals surface area contributed by atoms with Crippen LogP contribution in [0.5, 0.6) is 0 Å². The minimum atomic E-state index is -0.461. The molecule has 0 bridgehead atoms. The monoisotopic (exact) mass is 268 g/mol. The maximum Gasteiger partial charge on any atom is 0.358 e. The van der Waals surface area contributed by atoms with Crippen molar-refractivity contribution in [3.05, 3.63) is 23.8 Å². The Balaban J connectivity index is 2.00. The normalized spacial score (nSPS) is 10.6. The molecule has 0 atom stereocenters. The molecule has 9 heteroatoms. The Labute approximate surface area is 107 Å². The molecule has 0 fully saturated rings. The highest BCUT2D eigenvalue weighted by atomic mass is 32.2. The second-order valence-electron chi connectivity index (χ2n) is 3.41. The van der Waals surface area contributed by atoms with Gasteiger partial charge >= 0.3 is 5.97 Å². The van der Waals surface area contributed by atoms with Crippen LogP contribution >= 0.6 is 11.8 Å². The lowest BCUT2D eigenvalue weighted by atomic mass is 10.4. The van der Waals surface area contributed by atoms with E-state index in [0.29, 0.717) is 16.9 Å². The summed E-state index contributed by atoms with van der Waals surface area (Å²) in [5, 5.41) is 12.4. The third-order valence-corrected chi connectivity index (χ3v) is 3.13. The lowest BCUT2D eigenvalue weighted by Gasteiger charge is -2.01. The fraction of sp³-hybridized carbons (Fsp3) is 0.333. The van der Waals surface area contributed by atoms with Gasteiger partial charge in [-0.2, -0.15) is 5.10 Å². The number of nitrogens with zero attached hydrogens (tertiary/aromatic N) is 5. The van der Waals surface area contributed by atoms with Gasteiger partial charge in [0.25, 0.3) is 0 Å². The molecular formula is C9H12N6O2S. The molecule has 0 amide bonds. The van der Waals surface area contributed by atoms with E-state index in [1.165, 1.54) is 23.5 Å². The molecule has 2 heterocycles. The molecule has 18 heavy (non-hydrogen) atoms. The number of carbonyl (C=O) groups excluding carboxylic acids is 1. The van der Waals surface area contributed by atoms with Crippen LogP contribution in [-0.2, 0) is 10.6 Å². The van der Waals surface area contributed by atoms with Crippen LogP contribution in [0.2, 0.25) is 0 Å². The molecule has 0 aliphatic rings. The standard InChI is InChI=1S/C9H12N6O2S/c1-6-11-12-9(15(6)10)18-5-14-4-3-7(13-14)8(16)17-2/h3-4H,5,10H2,1-2H3. The predicted octanol–water partition coefficient (Wildman–Crippen LogP) is 0.0332. The highest BCUT2D eigenvalue weighted by Crippen LogP contribution is 2.16. The average Bonchev–Trinajstić information content (AvgIpc) is 2.96. The fourth-order valence-corrected chi connectivity index (χ4v) is 1.98. The molecule has 0 radical (unpaired) electrons. The van der Waals surface area contributed by atoms with E-state index >= 15 is 0 Å². The van der Waals surface area contributed by atoms with Gasteiger partial charge < -0.3 is 10.6 Å². The number of aryl methyl sites for hydroxylation is 1. The SMILES string of the molecule is COC(=O)c1ccn(CSc2nnc(C)n2N)n1. The van der Waals surface area contributed by atoms with E-state index in [9.17, 15) is 4.79 Å². The molecule has 0 spiro atoms. The first kappa shape index (κ1) is 12.4. The molecule has 0 aromatic carbocycles. The van der Waals surface area contributed by atoms with Crippen LogP contribution in [0.25, 0.3) is 0 Å². The van der Waals surface area contributed by atoms with Crippen LogP contribution in [-0.4, -0.2) is 37.7 Å². The Morgan fingerprint density at radius 2 is 2.33 bits per heavy atom. The molecule has 0 unspecified atom stereocenters. The zero-order valence-electron chi connectivity index (χ0n) is 9.90. The smallest absolute Gasteiger partial charge is 0.358 e. The first-order chi connectivity index (χ1) is 8.61. The molecule has 2 rings (SSSR count).